The van der Waals surface area contributed by atoms with Crippen molar-refractivity contribution in [1.29, 1.82) is 0 Å². The fraction of sp³-hybridized carbons (Fsp3) is 0.375. The van der Waals surface area contributed by atoms with E-state index < -0.39 is 4.92 Å². The Morgan fingerprint density at radius 1 is 1.50 bits per heavy atom. The fourth-order valence-corrected chi connectivity index (χ4v) is 3.81. The van der Waals surface area contributed by atoms with Gasteiger partial charge in [0.05, 0.1) is 10.6 Å². The van der Waals surface area contributed by atoms with Gasteiger partial charge in [-0.3, -0.25) is 20.2 Å². The van der Waals surface area contributed by atoms with Gasteiger partial charge in [-0.15, -0.1) is 11.3 Å². The second kappa shape index (κ2) is 6.96. The summed E-state index contributed by atoms with van der Waals surface area (Å²) in [4.78, 5) is 28.1. The van der Waals surface area contributed by atoms with Crippen LogP contribution in [0.4, 0.5) is 10.8 Å². The number of carbonyl (C=O) groups is 1. The van der Waals surface area contributed by atoms with Gasteiger partial charge in [-0.1, -0.05) is 19.1 Å². The summed E-state index contributed by atoms with van der Waals surface area (Å²) < 4.78 is 5.27. The summed E-state index contributed by atoms with van der Waals surface area (Å²) in [6.45, 7) is 1.91. The molecule has 1 aromatic heterocycles. The summed E-state index contributed by atoms with van der Waals surface area (Å²) in [5.41, 5.74) is 0.900. The monoisotopic (exact) mass is 347 g/mol. The fourth-order valence-electron chi connectivity index (χ4n) is 2.62. The van der Waals surface area contributed by atoms with Gasteiger partial charge in [0.1, 0.15) is 0 Å². The molecule has 1 aliphatic rings. The van der Waals surface area contributed by atoms with E-state index in [2.05, 4.69) is 17.2 Å². The van der Waals surface area contributed by atoms with Crippen molar-refractivity contribution in [1.82, 2.24) is 4.98 Å². The lowest BCUT2D eigenvalue weighted by Gasteiger charge is -2.15. The molecule has 0 radical (unpaired) electrons. The largest absolute Gasteiger partial charge is 0.477 e. The number of aromatic nitrogens is 1. The number of nitrogens with one attached hydrogen (secondary N) is 1. The summed E-state index contributed by atoms with van der Waals surface area (Å²) in [6.07, 6.45) is 3.05. The van der Waals surface area contributed by atoms with Crippen LogP contribution in [0.25, 0.3) is 0 Å². The number of nitro benzene ring substituents is 1. The Kier molecular flexibility index (Phi) is 4.75. The number of aryl methyl sites for hydroxylation is 1. The van der Waals surface area contributed by atoms with Gasteiger partial charge < -0.3 is 4.74 Å². The summed E-state index contributed by atoms with van der Waals surface area (Å²) in [7, 11) is 0. The molecule has 0 fully saturated rings. The molecule has 7 nitrogen and oxygen atoms in total. The van der Waals surface area contributed by atoms with Crippen LogP contribution in [0.15, 0.2) is 24.3 Å². The van der Waals surface area contributed by atoms with E-state index in [1.165, 1.54) is 28.3 Å². The maximum atomic E-state index is 12.0. The van der Waals surface area contributed by atoms with Crippen molar-refractivity contribution < 1.29 is 14.5 Å². The van der Waals surface area contributed by atoms with Crippen LogP contribution >= 0.6 is 11.3 Å². The zero-order chi connectivity index (χ0) is 17.1. The first-order valence-corrected chi connectivity index (χ1v) is 8.49. The highest BCUT2D eigenvalue weighted by Gasteiger charge is 2.21. The van der Waals surface area contributed by atoms with E-state index in [0.29, 0.717) is 11.0 Å². The molecule has 0 unspecified atom stereocenters. The Morgan fingerprint density at radius 2 is 2.29 bits per heavy atom. The van der Waals surface area contributed by atoms with E-state index in [-0.39, 0.29) is 24.0 Å². The molecule has 8 heteroatoms. The van der Waals surface area contributed by atoms with Crippen LogP contribution in [0.2, 0.25) is 0 Å². The molecule has 1 N–H and O–H groups in total. The quantitative estimate of drug-likeness (QED) is 0.662. The van der Waals surface area contributed by atoms with Crippen molar-refractivity contribution in [3.63, 3.8) is 0 Å². The lowest BCUT2D eigenvalue weighted by Crippen LogP contribution is -2.20. The number of ether oxygens (including phenoxy) is 1. The Hall–Kier alpha value is -2.48. The Balaban J connectivity index is 1.60. The maximum Gasteiger partial charge on any atom is 0.310 e. The highest BCUT2D eigenvalue weighted by molar-refractivity contribution is 7.15. The predicted molar refractivity (Wildman–Crippen MR) is 90.5 cm³/mol. The first kappa shape index (κ1) is 16.4. The molecule has 0 spiro atoms. The number of para-hydroxylation sites is 2. The van der Waals surface area contributed by atoms with E-state index in [0.717, 1.165) is 25.0 Å². The van der Waals surface area contributed by atoms with Crippen LogP contribution in [-0.4, -0.2) is 22.4 Å². The molecule has 126 valence electrons. The Morgan fingerprint density at radius 3 is 3.08 bits per heavy atom. The number of rotatable bonds is 5. The average Bonchev–Trinajstić information content (AvgIpc) is 2.94. The molecule has 1 aromatic carbocycles. The number of fused-ring (bicyclic) bond motifs is 1. The van der Waals surface area contributed by atoms with Crippen molar-refractivity contribution in [2.75, 3.05) is 11.9 Å². The lowest BCUT2D eigenvalue weighted by molar-refractivity contribution is -0.385. The second-order valence-corrected chi connectivity index (χ2v) is 6.88. The number of hydrogen-bond donors (Lipinski definition) is 1. The average molecular weight is 347 g/mol. The highest BCUT2D eigenvalue weighted by atomic mass is 32.1. The zero-order valence-electron chi connectivity index (χ0n) is 13.2. The van der Waals surface area contributed by atoms with E-state index in [1.54, 1.807) is 12.1 Å². The SMILES string of the molecule is C[C@@H]1CCc2nc(NC(=O)COc3ccccc3[N+](=O)[O-])sc2C1. The van der Waals surface area contributed by atoms with Gasteiger partial charge in [-0.25, -0.2) is 4.98 Å². The first-order valence-electron chi connectivity index (χ1n) is 7.67. The normalized spacial score (nSPS) is 16.3. The third kappa shape index (κ3) is 3.70. The molecule has 0 saturated carbocycles. The molecule has 1 atom stereocenters. The van der Waals surface area contributed by atoms with Gasteiger partial charge in [0.2, 0.25) is 0 Å². The van der Waals surface area contributed by atoms with Crippen molar-refractivity contribution >= 4 is 28.1 Å². The molecule has 0 bridgehead atoms. The van der Waals surface area contributed by atoms with Crippen molar-refractivity contribution in [2.24, 2.45) is 5.92 Å². The van der Waals surface area contributed by atoms with E-state index in [1.807, 2.05) is 0 Å². The van der Waals surface area contributed by atoms with Gasteiger partial charge in [-0.05, 0) is 31.2 Å². The van der Waals surface area contributed by atoms with Gasteiger partial charge in [0.25, 0.3) is 5.91 Å². The van der Waals surface area contributed by atoms with E-state index in [9.17, 15) is 14.9 Å². The maximum absolute atomic E-state index is 12.0. The number of anilines is 1. The summed E-state index contributed by atoms with van der Waals surface area (Å²) >= 11 is 1.49. The molecule has 0 aliphatic heterocycles. The summed E-state index contributed by atoms with van der Waals surface area (Å²) in [6, 6.07) is 5.97. The smallest absolute Gasteiger partial charge is 0.310 e. The second-order valence-electron chi connectivity index (χ2n) is 5.80. The minimum absolute atomic E-state index is 0.0740. The molecule has 3 rings (SSSR count). The Bertz CT molecular complexity index is 774. The highest BCUT2D eigenvalue weighted by Crippen LogP contribution is 2.32. The van der Waals surface area contributed by atoms with Gasteiger partial charge in [-0.2, -0.15) is 0 Å². The van der Waals surface area contributed by atoms with Crippen molar-refractivity contribution in [3.05, 3.63) is 45.0 Å². The van der Waals surface area contributed by atoms with Crippen LogP contribution in [-0.2, 0) is 17.6 Å². The number of carbonyl (C=O) groups excluding carboxylic acids is 1. The van der Waals surface area contributed by atoms with Crippen LogP contribution in [0.3, 0.4) is 0 Å². The number of amides is 1. The number of benzene rings is 1. The molecular weight excluding hydrogens is 330 g/mol. The number of nitro groups is 1. The first-order chi connectivity index (χ1) is 11.5. The molecule has 2 aromatic rings. The van der Waals surface area contributed by atoms with Crippen molar-refractivity contribution in [3.8, 4) is 5.75 Å². The standard InChI is InChI=1S/C16H17N3O4S/c1-10-6-7-11-14(8-10)24-16(17-11)18-15(20)9-23-13-5-3-2-4-12(13)19(21)22/h2-5,10H,6-9H2,1H3,(H,17,18,20)/t10-/m1/s1. The van der Waals surface area contributed by atoms with Crippen LogP contribution in [0.1, 0.15) is 23.9 Å². The Labute approximate surface area is 142 Å². The molecule has 1 amide bonds. The molecule has 1 heterocycles. The van der Waals surface area contributed by atoms with Crippen LogP contribution < -0.4 is 10.1 Å². The van der Waals surface area contributed by atoms with E-state index >= 15 is 0 Å². The van der Waals surface area contributed by atoms with E-state index in [4.69, 9.17) is 4.74 Å². The topological polar surface area (TPSA) is 94.4 Å². The molecular formula is C16H17N3O4S. The predicted octanol–water partition coefficient (Wildman–Crippen LogP) is 3.19. The minimum atomic E-state index is -0.538. The molecule has 0 saturated heterocycles. The summed E-state index contributed by atoms with van der Waals surface area (Å²) in [5, 5.41) is 14.2. The number of thiazole rings is 1. The third-order valence-electron chi connectivity index (χ3n) is 3.85. The van der Waals surface area contributed by atoms with Crippen molar-refractivity contribution in [2.45, 2.75) is 26.2 Å². The summed E-state index contributed by atoms with van der Waals surface area (Å²) in [5.74, 6) is 0.334. The molecule has 1 aliphatic carbocycles. The lowest BCUT2D eigenvalue weighted by atomic mass is 9.93. The van der Waals surface area contributed by atoms with Gasteiger partial charge >= 0.3 is 5.69 Å². The minimum Gasteiger partial charge on any atom is -0.477 e. The number of nitrogens with zero attached hydrogens (tertiary/aromatic N) is 2. The zero-order valence-corrected chi connectivity index (χ0v) is 14.0. The molecule has 24 heavy (non-hydrogen) atoms. The third-order valence-corrected chi connectivity index (χ3v) is 4.89. The van der Waals surface area contributed by atoms with Crippen LogP contribution in [0, 0.1) is 16.0 Å². The number of hydrogen-bond acceptors (Lipinski definition) is 6. The van der Waals surface area contributed by atoms with Crippen LogP contribution in [0.5, 0.6) is 5.75 Å². The van der Waals surface area contributed by atoms with Gasteiger partial charge in [0.15, 0.2) is 17.5 Å². The van der Waals surface area contributed by atoms with Gasteiger partial charge in [0, 0.05) is 10.9 Å².